The van der Waals surface area contributed by atoms with E-state index in [4.69, 9.17) is 4.74 Å². The number of aromatic nitrogens is 1. The lowest BCUT2D eigenvalue weighted by molar-refractivity contribution is -0.145. The van der Waals surface area contributed by atoms with Gasteiger partial charge in [-0.2, -0.15) is 0 Å². The summed E-state index contributed by atoms with van der Waals surface area (Å²) in [4.78, 5) is 29.8. The van der Waals surface area contributed by atoms with E-state index < -0.39 is 5.41 Å². The maximum absolute atomic E-state index is 13.0. The lowest BCUT2D eigenvalue weighted by Crippen LogP contribution is -2.49. The Balaban J connectivity index is 1.44. The Labute approximate surface area is 148 Å². The Bertz CT molecular complexity index is 711. The zero-order chi connectivity index (χ0) is 17.7. The van der Waals surface area contributed by atoms with Crippen molar-refractivity contribution >= 4 is 11.7 Å². The molecule has 2 bridgehead atoms. The number of Topliss-reactive ketones (excluding diaryl/α,β-unsaturated/α-hetero) is 1. The third-order valence-electron chi connectivity index (χ3n) is 6.88. The summed E-state index contributed by atoms with van der Waals surface area (Å²) >= 11 is 0. The number of hydrogen-bond acceptors (Lipinski definition) is 4. The van der Waals surface area contributed by atoms with Crippen molar-refractivity contribution < 1.29 is 14.3 Å². The van der Waals surface area contributed by atoms with E-state index >= 15 is 0 Å². The zero-order valence-corrected chi connectivity index (χ0v) is 15.0. The number of fused-ring (bicyclic) bond motifs is 2. The van der Waals surface area contributed by atoms with Gasteiger partial charge in [0.15, 0.2) is 0 Å². The highest BCUT2D eigenvalue weighted by atomic mass is 16.5. The lowest BCUT2D eigenvalue weighted by Gasteiger charge is -2.34. The lowest BCUT2D eigenvalue weighted by atomic mass is 9.68. The molecule has 0 saturated heterocycles. The summed E-state index contributed by atoms with van der Waals surface area (Å²) in [5.74, 6) is 0.970. The fourth-order valence-electron chi connectivity index (χ4n) is 4.83. The fraction of sp³-hybridized carbons (Fsp3) is 0.650. The van der Waals surface area contributed by atoms with Crippen LogP contribution in [0.5, 0.6) is 5.88 Å². The summed E-state index contributed by atoms with van der Waals surface area (Å²) < 4.78 is 5.82. The van der Waals surface area contributed by atoms with Crippen molar-refractivity contribution in [3.63, 3.8) is 0 Å². The van der Waals surface area contributed by atoms with Gasteiger partial charge in [0.2, 0.25) is 11.8 Å². The summed E-state index contributed by atoms with van der Waals surface area (Å²) in [7, 11) is 0. The molecule has 25 heavy (non-hydrogen) atoms. The first-order valence-electron chi connectivity index (χ1n) is 9.37. The number of carbonyl (C=O) groups excluding carboxylic acids is 2. The molecule has 5 heteroatoms. The molecule has 4 rings (SSSR count). The summed E-state index contributed by atoms with van der Waals surface area (Å²) in [5.41, 5.74) is -0.132. The molecule has 5 nitrogen and oxygen atoms in total. The largest absolute Gasteiger partial charge is 0.474 e. The maximum Gasteiger partial charge on any atom is 0.234 e. The van der Waals surface area contributed by atoms with Crippen LogP contribution in [-0.2, 0) is 16.1 Å². The summed E-state index contributed by atoms with van der Waals surface area (Å²) in [6.07, 6.45) is 7.59. The molecule has 1 aromatic heterocycles. The van der Waals surface area contributed by atoms with Gasteiger partial charge in [-0.05, 0) is 55.1 Å². The number of nitrogens with one attached hydrogen (secondary N) is 1. The summed E-state index contributed by atoms with van der Waals surface area (Å²) in [5, 5.41) is 3.01. The first-order chi connectivity index (χ1) is 11.9. The molecule has 1 heterocycles. The van der Waals surface area contributed by atoms with Crippen molar-refractivity contribution in [3.8, 4) is 5.88 Å². The van der Waals surface area contributed by atoms with Gasteiger partial charge in [-0.15, -0.1) is 0 Å². The van der Waals surface area contributed by atoms with Crippen molar-refractivity contribution in [2.75, 3.05) is 0 Å². The van der Waals surface area contributed by atoms with Crippen LogP contribution in [0.25, 0.3) is 0 Å². The Morgan fingerprint density at radius 3 is 2.76 bits per heavy atom. The van der Waals surface area contributed by atoms with Crippen molar-refractivity contribution in [2.45, 2.75) is 65.0 Å². The Hall–Kier alpha value is -1.91. The number of ether oxygens (including phenoxy) is 1. The van der Waals surface area contributed by atoms with Crippen LogP contribution >= 0.6 is 0 Å². The standard InChI is InChI=1S/C20H26N2O3/c1-19(2)14-6-8-20(19,16(23)11-14)18(24)22-12-13-7-9-21-17(10-13)25-15-4-3-5-15/h7,9-10,14-15H,3-6,8,11-12H2,1-2H3,(H,22,24). The van der Waals surface area contributed by atoms with E-state index in [1.165, 1.54) is 6.42 Å². The van der Waals surface area contributed by atoms with Crippen LogP contribution < -0.4 is 10.1 Å². The molecule has 1 aromatic rings. The average Bonchev–Trinajstić information content (AvgIpc) is 2.92. The van der Waals surface area contributed by atoms with Gasteiger partial charge >= 0.3 is 0 Å². The molecule has 134 valence electrons. The van der Waals surface area contributed by atoms with E-state index in [0.717, 1.165) is 24.8 Å². The number of hydrogen-bond donors (Lipinski definition) is 1. The van der Waals surface area contributed by atoms with Crippen LogP contribution in [0.2, 0.25) is 0 Å². The predicted octanol–water partition coefficient (Wildman–Crippen LogP) is 3.02. The average molecular weight is 342 g/mol. The van der Waals surface area contributed by atoms with Crippen LogP contribution in [-0.4, -0.2) is 22.8 Å². The van der Waals surface area contributed by atoms with E-state index in [0.29, 0.717) is 31.2 Å². The number of nitrogens with zero attached hydrogens (tertiary/aromatic N) is 1. The number of amides is 1. The molecule has 3 aliphatic rings. The second-order valence-electron chi connectivity index (χ2n) is 8.35. The van der Waals surface area contributed by atoms with Crippen molar-refractivity contribution in [3.05, 3.63) is 23.9 Å². The molecule has 0 aliphatic heterocycles. The second-order valence-corrected chi connectivity index (χ2v) is 8.35. The van der Waals surface area contributed by atoms with Crippen molar-refractivity contribution in [1.29, 1.82) is 0 Å². The van der Waals surface area contributed by atoms with E-state index in [2.05, 4.69) is 24.1 Å². The molecule has 2 atom stereocenters. The molecule has 0 radical (unpaired) electrons. The van der Waals surface area contributed by atoms with Gasteiger partial charge in [0.1, 0.15) is 17.3 Å². The third-order valence-corrected chi connectivity index (χ3v) is 6.88. The number of carbonyl (C=O) groups is 2. The predicted molar refractivity (Wildman–Crippen MR) is 92.9 cm³/mol. The highest BCUT2D eigenvalue weighted by molar-refractivity contribution is 6.09. The topological polar surface area (TPSA) is 68.3 Å². The highest BCUT2D eigenvalue weighted by Gasteiger charge is 2.67. The van der Waals surface area contributed by atoms with Gasteiger partial charge in [0, 0.05) is 25.2 Å². The first-order valence-corrected chi connectivity index (χ1v) is 9.37. The third kappa shape index (κ3) is 2.47. The minimum absolute atomic E-state index is 0.110. The van der Waals surface area contributed by atoms with Gasteiger partial charge in [0.05, 0.1) is 0 Å². The summed E-state index contributed by atoms with van der Waals surface area (Å²) in [6.45, 7) is 4.55. The first kappa shape index (κ1) is 16.6. The van der Waals surface area contributed by atoms with Gasteiger partial charge in [0.25, 0.3) is 0 Å². The van der Waals surface area contributed by atoms with Gasteiger partial charge in [-0.3, -0.25) is 9.59 Å². The minimum Gasteiger partial charge on any atom is -0.474 e. The minimum atomic E-state index is -0.837. The molecule has 3 saturated carbocycles. The number of ketones is 1. The van der Waals surface area contributed by atoms with Crippen molar-refractivity contribution in [1.82, 2.24) is 10.3 Å². The second kappa shape index (κ2) is 5.82. The Morgan fingerprint density at radius 2 is 2.16 bits per heavy atom. The quantitative estimate of drug-likeness (QED) is 0.835. The number of pyridine rings is 1. The van der Waals surface area contributed by atoms with Crippen LogP contribution in [0, 0.1) is 16.7 Å². The van der Waals surface area contributed by atoms with Gasteiger partial charge in [-0.1, -0.05) is 13.8 Å². The molecule has 0 spiro atoms. The van der Waals surface area contributed by atoms with E-state index in [1.807, 2.05) is 12.1 Å². The van der Waals surface area contributed by atoms with Gasteiger partial charge < -0.3 is 10.1 Å². The SMILES string of the molecule is CC1(C)C2CCC1(C(=O)NCc1ccnc(OC3CCC3)c1)C(=O)C2. The van der Waals surface area contributed by atoms with Crippen LogP contribution in [0.3, 0.4) is 0 Å². The van der Waals surface area contributed by atoms with Crippen molar-refractivity contribution in [2.24, 2.45) is 16.7 Å². The van der Waals surface area contributed by atoms with E-state index in [9.17, 15) is 9.59 Å². The maximum atomic E-state index is 13.0. The molecule has 0 aromatic carbocycles. The molecule has 1 N–H and O–H groups in total. The fourth-order valence-corrected chi connectivity index (χ4v) is 4.83. The highest BCUT2D eigenvalue weighted by Crippen LogP contribution is 2.63. The Kier molecular flexibility index (Phi) is 3.85. The van der Waals surface area contributed by atoms with Crippen LogP contribution in [0.15, 0.2) is 18.3 Å². The molecule has 1 amide bonds. The zero-order valence-electron chi connectivity index (χ0n) is 15.0. The van der Waals surface area contributed by atoms with E-state index in [1.54, 1.807) is 6.20 Å². The molecule has 3 fully saturated rings. The molecular weight excluding hydrogens is 316 g/mol. The Morgan fingerprint density at radius 1 is 1.36 bits per heavy atom. The smallest absolute Gasteiger partial charge is 0.234 e. The van der Waals surface area contributed by atoms with Crippen LogP contribution in [0.4, 0.5) is 0 Å². The van der Waals surface area contributed by atoms with E-state index in [-0.39, 0.29) is 23.2 Å². The molecular formula is C20H26N2O3. The monoisotopic (exact) mass is 342 g/mol. The molecule has 2 unspecified atom stereocenters. The normalized spacial score (nSPS) is 30.2. The molecule has 3 aliphatic carbocycles. The van der Waals surface area contributed by atoms with Gasteiger partial charge in [-0.25, -0.2) is 4.98 Å². The number of rotatable bonds is 5. The van der Waals surface area contributed by atoms with Crippen LogP contribution in [0.1, 0.15) is 57.9 Å². The summed E-state index contributed by atoms with van der Waals surface area (Å²) in [6, 6.07) is 3.76.